The molecule has 1 saturated heterocycles. The molecule has 1 aliphatic rings. The van der Waals surface area contributed by atoms with Gasteiger partial charge in [0.1, 0.15) is 5.75 Å². The lowest BCUT2D eigenvalue weighted by molar-refractivity contribution is 0.0697. The van der Waals surface area contributed by atoms with E-state index in [0.717, 1.165) is 37.6 Å². The van der Waals surface area contributed by atoms with E-state index >= 15 is 0 Å². The van der Waals surface area contributed by atoms with Gasteiger partial charge in [0, 0.05) is 26.2 Å². The van der Waals surface area contributed by atoms with Crippen LogP contribution in [-0.2, 0) is 0 Å². The summed E-state index contributed by atoms with van der Waals surface area (Å²) in [7, 11) is 3.69. The largest absolute Gasteiger partial charge is 0.495 e. The summed E-state index contributed by atoms with van der Waals surface area (Å²) in [6, 6.07) is 4.98. The third-order valence-corrected chi connectivity index (χ3v) is 3.27. The maximum atomic E-state index is 11.0. The first-order valence-electron chi connectivity index (χ1n) is 5.96. The lowest BCUT2D eigenvalue weighted by Crippen LogP contribution is -2.44. The zero-order valence-electron chi connectivity index (χ0n) is 10.7. The predicted octanol–water partition coefficient (Wildman–Crippen LogP) is 1.15. The molecule has 5 nitrogen and oxygen atoms in total. The molecule has 1 aromatic carbocycles. The Kier molecular flexibility index (Phi) is 3.72. The van der Waals surface area contributed by atoms with Gasteiger partial charge in [0.05, 0.1) is 18.4 Å². The SMILES string of the molecule is COc1ccc(C(=O)O)cc1N1CCN(C)CC1. The van der Waals surface area contributed by atoms with E-state index in [1.807, 2.05) is 0 Å². The number of piperazine rings is 1. The molecule has 1 aliphatic heterocycles. The second kappa shape index (κ2) is 5.27. The minimum Gasteiger partial charge on any atom is -0.495 e. The maximum absolute atomic E-state index is 11.0. The molecule has 0 atom stereocenters. The third-order valence-electron chi connectivity index (χ3n) is 3.27. The lowest BCUT2D eigenvalue weighted by atomic mass is 10.1. The van der Waals surface area contributed by atoms with Crippen molar-refractivity contribution in [2.75, 3.05) is 45.2 Å². The number of nitrogens with zero attached hydrogens (tertiary/aromatic N) is 2. The second-order valence-corrected chi connectivity index (χ2v) is 4.48. The summed E-state index contributed by atoms with van der Waals surface area (Å²) in [5.74, 6) is -0.183. The van der Waals surface area contributed by atoms with Gasteiger partial charge in [-0.25, -0.2) is 4.79 Å². The Bertz CT molecular complexity index is 440. The number of ether oxygens (including phenoxy) is 1. The molecule has 0 aromatic heterocycles. The Balaban J connectivity index is 2.29. The number of hydrogen-bond donors (Lipinski definition) is 1. The van der Waals surface area contributed by atoms with Gasteiger partial charge >= 0.3 is 5.97 Å². The van der Waals surface area contributed by atoms with Gasteiger partial charge < -0.3 is 19.6 Å². The maximum Gasteiger partial charge on any atom is 0.335 e. The van der Waals surface area contributed by atoms with Crippen molar-refractivity contribution in [2.45, 2.75) is 0 Å². The van der Waals surface area contributed by atoms with Crippen LogP contribution >= 0.6 is 0 Å². The van der Waals surface area contributed by atoms with E-state index in [1.54, 1.807) is 25.3 Å². The average Bonchev–Trinajstić information content (AvgIpc) is 2.39. The van der Waals surface area contributed by atoms with Crippen LogP contribution in [0.5, 0.6) is 5.75 Å². The first-order chi connectivity index (χ1) is 8.61. The molecule has 0 saturated carbocycles. The Morgan fingerprint density at radius 3 is 2.50 bits per heavy atom. The number of anilines is 1. The Morgan fingerprint density at radius 2 is 1.94 bits per heavy atom. The molecule has 0 bridgehead atoms. The molecule has 0 amide bonds. The van der Waals surface area contributed by atoms with Crippen LogP contribution in [0.1, 0.15) is 10.4 Å². The number of carboxylic acids is 1. The van der Waals surface area contributed by atoms with Crippen LogP contribution in [0.2, 0.25) is 0 Å². The standard InChI is InChI=1S/C13H18N2O3/c1-14-5-7-15(8-6-14)11-9-10(13(16)17)3-4-12(11)18-2/h3-4,9H,5-8H2,1-2H3,(H,16,17). The second-order valence-electron chi connectivity index (χ2n) is 4.48. The number of hydrogen-bond acceptors (Lipinski definition) is 4. The summed E-state index contributed by atoms with van der Waals surface area (Å²) in [6.45, 7) is 3.72. The highest BCUT2D eigenvalue weighted by atomic mass is 16.5. The molecule has 0 radical (unpaired) electrons. The minimum atomic E-state index is -0.909. The van der Waals surface area contributed by atoms with Crippen LogP contribution in [0, 0.1) is 0 Å². The van der Waals surface area contributed by atoms with Crippen molar-refractivity contribution in [2.24, 2.45) is 0 Å². The molecule has 5 heteroatoms. The van der Waals surface area contributed by atoms with E-state index in [1.165, 1.54) is 0 Å². The molecule has 1 heterocycles. The van der Waals surface area contributed by atoms with E-state index in [9.17, 15) is 4.79 Å². The van der Waals surface area contributed by atoms with Gasteiger partial charge in [0.2, 0.25) is 0 Å². The summed E-state index contributed by atoms with van der Waals surface area (Å²) in [5.41, 5.74) is 1.16. The molecule has 1 fully saturated rings. The fraction of sp³-hybridized carbons (Fsp3) is 0.462. The number of aromatic carboxylic acids is 1. The normalized spacial score (nSPS) is 16.7. The van der Waals surface area contributed by atoms with Crippen molar-refractivity contribution in [3.8, 4) is 5.75 Å². The highest BCUT2D eigenvalue weighted by Crippen LogP contribution is 2.30. The van der Waals surface area contributed by atoms with Gasteiger partial charge in [0.15, 0.2) is 0 Å². The minimum absolute atomic E-state index is 0.296. The molecule has 0 unspecified atom stereocenters. The summed E-state index contributed by atoms with van der Waals surface area (Å²) in [4.78, 5) is 15.4. The first kappa shape index (κ1) is 12.7. The monoisotopic (exact) mass is 250 g/mol. The molecule has 0 aliphatic carbocycles. The topological polar surface area (TPSA) is 53.0 Å². The number of methoxy groups -OCH3 is 1. The van der Waals surface area contributed by atoms with Crippen LogP contribution < -0.4 is 9.64 Å². The Morgan fingerprint density at radius 1 is 1.28 bits per heavy atom. The molecule has 1 N–H and O–H groups in total. The van der Waals surface area contributed by atoms with E-state index in [4.69, 9.17) is 9.84 Å². The number of carboxylic acid groups (broad SMARTS) is 1. The van der Waals surface area contributed by atoms with Crippen molar-refractivity contribution < 1.29 is 14.6 Å². The van der Waals surface area contributed by atoms with Crippen LogP contribution in [0.4, 0.5) is 5.69 Å². The van der Waals surface area contributed by atoms with Crippen molar-refractivity contribution in [3.63, 3.8) is 0 Å². The smallest absolute Gasteiger partial charge is 0.335 e. The Hall–Kier alpha value is -1.75. The third kappa shape index (κ3) is 2.56. The van der Waals surface area contributed by atoms with Gasteiger partial charge in [-0.1, -0.05) is 0 Å². The summed E-state index contributed by atoms with van der Waals surface area (Å²) in [5, 5.41) is 9.05. The van der Waals surface area contributed by atoms with Crippen molar-refractivity contribution in [3.05, 3.63) is 23.8 Å². The Labute approximate surface area is 107 Å². The van der Waals surface area contributed by atoms with Gasteiger partial charge in [-0.05, 0) is 25.2 Å². The fourth-order valence-electron chi connectivity index (χ4n) is 2.12. The van der Waals surface area contributed by atoms with Gasteiger partial charge in [-0.3, -0.25) is 0 Å². The van der Waals surface area contributed by atoms with Crippen molar-refractivity contribution in [1.82, 2.24) is 4.90 Å². The van der Waals surface area contributed by atoms with Gasteiger partial charge in [-0.15, -0.1) is 0 Å². The van der Waals surface area contributed by atoms with Crippen LogP contribution in [0.3, 0.4) is 0 Å². The summed E-state index contributed by atoms with van der Waals surface area (Å²) in [6.07, 6.45) is 0. The zero-order valence-corrected chi connectivity index (χ0v) is 10.7. The molecule has 98 valence electrons. The van der Waals surface area contributed by atoms with E-state index in [0.29, 0.717) is 5.56 Å². The lowest BCUT2D eigenvalue weighted by Gasteiger charge is -2.34. The van der Waals surface area contributed by atoms with Crippen LogP contribution in [0.15, 0.2) is 18.2 Å². The van der Waals surface area contributed by atoms with Gasteiger partial charge in [-0.2, -0.15) is 0 Å². The van der Waals surface area contributed by atoms with Crippen molar-refractivity contribution in [1.29, 1.82) is 0 Å². The number of rotatable bonds is 3. The molecule has 0 spiro atoms. The highest BCUT2D eigenvalue weighted by Gasteiger charge is 2.19. The zero-order chi connectivity index (χ0) is 13.1. The molecule has 2 rings (SSSR count). The number of likely N-dealkylation sites (N-methyl/N-ethyl adjacent to an activating group) is 1. The fourth-order valence-corrected chi connectivity index (χ4v) is 2.12. The quantitative estimate of drug-likeness (QED) is 0.872. The van der Waals surface area contributed by atoms with Crippen LogP contribution in [0.25, 0.3) is 0 Å². The summed E-state index contributed by atoms with van der Waals surface area (Å²) < 4.78 is 5.31. The molecular weight excluding hydrogens is 232 g/mol. The number of benzene rings is 1. The molecule has 1 aromatic rings. The number of carbonyl (C=O) groups is 1. The molecular formula is C13H18N2O3. The van der Waals surface area contributed by atoms with Crippen LogP contribution in [-0.4, -0.2) is 56.3 Å². The first-order valence-corrected chi connectivity index (χ1v) is 5.96. The molecule has 18 heavy (non-hydrogen) atoms. The predicted molar refractivity (Wildman–Crippen MR) is 69.7 cm³/mol. The van der Waals surface area contributed by atoms with E-state index in [2.05, 4.69) is 16.8 Å². The van der Waals surface area contributed by atoms with E-state index in [-0.39, 0.29) is 0 Å². The summed E-state index contributed by atoms with van der Waals surface area (Å²) >= 11 is 0. The van der Waals surface area contributed by atoms with Crippen molar-refractivity contribution >= 4 is 11.7 Å². The average molecular weight is 250 g/mol. The van der Waals surface area contributed by atoms with E-state index < -0.39 is 5.97 Å². The highest BCUT2D eigenvalue weighted by molar-refractivity contribution is 5.89. The van der Waals surface area contributed by atoms with Gasteiger partial charge in [0.25, 0.3) is 0 Å².